The molecule has 1 aliphatic carbocycles. The van der Waals surface area contributed by atoms with Crippen LogP contribution in [0.4, 0.5) is 0 Å². The number of likely N-dealkylation sites (tertiary alicyclic amines) is 1. The fourth-order valence-corrected chi connectivity index (χ4v) is 4.87. The molecule has 4 rings (SSSR count). The minimum atomic E-state index is -0.418. The number of hydrogen-bond acceptors (Lipinski definition) is 4. The van der Waals surface area contributed by atoms with E-state index < -0.39 is 5.41 Å². The molecule has 0 bridgehead atoms. The van der Waals surface area contributed by atoms with Crippen molar-refractivity contribution in [1.82, 2.24) is 4.90 Å². The lowest BCUT2D eigenvalue weighted by Crippen LogP contribution is -2.45. The maximum absolute atomic E-state index is 13.7. The maximum Gasteiger partial charge on any atom is 0.171 e. The summed E-state index contributed by atoms with van der Waals surface area (Å²) in [5.41, 5.74) is 2.68. The van der Waals surface area contributed by atoms with Gasteiger partial charge in [0.25, 0.3) is 0 Å². The standard InChI is InChI=1S/C24H29NO3.ClH/c1-27-21-13-19-16-24(15-18-9-5-3-6-10-18,17-25-11-7-4-8-12-25)23(26)20(19)14-22(21)28-2;/h3,5-6,9-10,13-14H,4,7-8,11-12,15-17H2,1-2H3;1H. The summed E-state index contributed by atoms with van der Waals surface area (Å²) in [6.07, 6.45) is 5.27. The van der Waals surface area contributed by atoms with Crippen LogP contribution in [-0.2, 0) is 12.8 Å². The number of ether oxygens (including phenoxy) is 2. The Morgan fingerprint density at radius 1 is 0.966 bits per heavy atom. The third-order valence-corrected chi connectivity index (χ3v) is 6.22. The number of fused-ring (bicyclic) bond motifs is 1. The molecule has 29 heavy (non-hydrogen) atoms. The minimum absolute atomic E-state index is 0. The fourth-order valence-electron chi connectivity index (χ4n) is 4.87. The van der Waals surface area contributed by atoms with E-state index in [1.165, 1.54) is 24.8 Å². The summed E-state index contributed by atoms with van der Waals surface area (Å²) in [5.74, 6) is 1.57. The first-order valence-electron chi connectivity index (χ1n) is 10.2. The summed E-state index contributed by atoms with van der Waals surface area (Å²) in [5, 5.41) is 0. The first kappa shape index (κ1) is 21.7. The van der Waals surface area contributed by atoms with Gasteiger partial charge < -0.3 is 14.4 Å². The van der Waals surface area contributed by atoms with Crippen LogP contribution in [-0.4, -0.2) is 44.5 Å². The van der Waals surface area contributed by atoms with Crippen molar-refractivity contribution in [3.05, 3.63) is 59.2 Å². The van der Waals surface area contributed by atoms with Crippen molar-refractivity contribution >= 4 is 18.2 Å². The number of nitrogens with zero attached hydrogens (tertiary/aromatic N) is 1. The van der Waals surface area contributed by atoms with Gasteiger partial charge in [-0.3, -0.25) is 4.79 Å². The zero-order chi connectivity index (χ0) is 19.6. The highest BCUT2D eigenvalue weighted by atomic mass is 35.5. The highest BCUT2D eigenvalue weighted by molar-refractivity contribution is 6.06. The molecular formula is C24H30ClNO3. The van der Waals surface area contributed by atoms with Crippen molar-refractivity contribution in [3.63, 3.8) is 0 Å². The summed E-state index contributed by atoms with van der Waals surface area (Å²) in [4.78, 5) is 16.2. The number of ketones is 1. The normalized spacial score (nSPS) is 21.4. The maximum atomic E-state index is 13.7. The predicted molar refractivity (Wildman–Crippen MR) is 118 cm³/mol. The monoisotopic (exact) mass is 415 g/mol. The van der Waals surface area contributed by atoms with Crippen molar-refractivity contribution in [2.75, 3.05) is 33.9 Å². The van der Waals surface area contributed by atoms with E-state index in [2.05, 4.69) is 29.2 Å². The van der Waals surface area contributed by atoms with E-state index in [1.54, 1.807) is 14.2 Å². The van der Waals surface area contributed by atoms with Gasteiger partial charge in [-0.25, -0.2) is 0 Å². The van der Waals surface area contributed by atoms with Crippen LogP contribution in [0.1, 0.15) is 40.7 Å². The van der Waals surface area contributed by atoms with Crippen molar-refractivity contribution in [1.29, 1.82) is 0 Å². The number of hydrogen-bond donors (Lipinski definition) is 0. The van der Waals surface area contributed by atoms with E-state index >= 15 is 0 Å². The third kappa shape index (κ3) is 4.29. The van der Waals surface area contributed by atoms with Gasteiger partial charge in [0.05, 0.1) is 19.6 Å². The molecule has 0 spiro atoms. The predicted octanol–water partition coefficient (Wildman–Crippen LogP) is 4.58. The number of piperidine rings is 1. The van der Waals surface area contributed by atoms with Crippen LogP contribution >= 0.6 is 12.4 Å². The second-order valence-corrected chi connectivity index (χ2v) is 8.15. The zero-order valence-electron chi connectivity index (χ0n) is 17.3. The first-order valence-corrected chi connectivity index (χ1v) is 10.2. The van der Waals surface area contributed by atoms with Crippen molar-refractivity contribution in [2.45, 2.75) is 32.1 Å². The molecule has 0 radical (unpaired) electrons. The quantitative estimate of drug-likeness (QED) is 0.692. The molecule has 0 amide bonds. The number of carbonyl (C=O) groups is 1. The van der Waals surface area contributed by atoms with E-state index in [0.29, 0.717) is 11.5 Å². The molecule has 2 aromatic carbocycles. The van der Waals surface area contributed by atoms with Crippen molar-refractivity contribution in [3.8, 4) is 11.5 Å². The van der Waals surface area contributed by atoms with Gasteiger partial charge in [-0.15, -0.1) is 12.4 Å². The Morgan fingerprint density at radius 3 is 2.28 bits per heavy atom. The number of carbonyl (C=O) groups excluding carboxylic acids is 1. The summed E-state index contributed by atoms with van der Waals surface area (Å²) >= 11 is 0. The second kappa shape index (κ2) is 9.19. The lowest BCUT2D eigenvalue weighted by Gasteiger charge is -2.36. The number of halogens is 1. The third-order valence-electron chi connectivity index (χ3n) is 6.22. The van der Waals surface area contributed by atoms with Gasteiger partial charge in [0.15, 0.2) is 17.3 Å². The number of methoxy groups -OCH3 is 2. The highest BCUT2D eigenvalue weighted by Crippen LogP contribution is 2.44. The molecule has 1 unspecified atom stereocenters. The lowest BCUT2D eigenvalue weighted by molar-refractivity contribution is 0.0702. The average molecular weight is 416 g/mol. The van der Waals surface area contributed by atoms with Gasteiger partial charge in [0.2, 0.25) is 0 Å². The van der Waals surface area contributed by atoms with E-state index in [1.807, 2.05) is 18.2 Å². The largest absolute Gasteiger partial charge is 0.493 e. The first-order chi connectivity index (χ1) is 13.6. The van der Waals surface area contributed by atoms with Gasteiger partial charge in [0.1, 0.15) is 0 Å². The molecule has 1 fully saturated rings. The van der Waals surface area contributed by atoms with Crippen LogP contribution in [0.25, 0.3) is 0 Å². The molecular weight excluding hydrogens is 386 g/mol. The summed E-state index contributed by atoms with van der Waals surface area (Å²) in [7, 11) is 3.26. The molecule has 0 saturated carbocycles. The van der Waals surface area contributed by atoms with Crippen LogP contribution in [0, 0.1) is 5.41 Å². The minimum Gasteiger partial charge on any atom is -0.493 e. The summed E-state index contributed by atoms with van der Waals surface area (Å²) in [6.45, 7) is 3.00. The van der Waals surface area contributed by atoms with E-state index in [4.69, 9.17) is 9.47 Å². The van der Waals surface area contributed by atoms with Gasteiger partial charge in [-0.1, -0.05) is 36.8 Å². The Bertz CT molecular complexity index is 849. The number of benzene rings is 2. The Kier molecular flexibility index (Phi) is 6.86. The molecule has 5 heteroatoms. The Hall–Kier alpha value is -2.04. The molecule has 2 aliphatic rings. The average Bonchev–Trinajstić information content (AvgIpc) is 2.99. The molecule has 1 atom stereocenters. The Balaban J connectivity index is 0.00000240. The Morgan fingerprint density at radius 2 is 1.62 bits per heavy atom. The molecule has 4 nitrogen and oxygen atoms in total. The zero-order valence-corrected chi connectivity index (χ0v) is 18.1. The van der Waals surface area contributed by atoms with Crippen LogP contribution in [0.5, 0.6) is 11.5 Å². The van der Waals surface area contributed by atoms with Crippen LogP contribution in [0.15, 0.2) is 42.5 Å². The molecule has 2 aromatic rings. The molecule has 1 heterocycles. The highest BCUT2D eigenvalue weighted by Gasteiger charge is 2.47. The van der Waals surface area contributed by atoms with Gasteiger partial charge in [0, 0.05) is 12.1 Å². The summed E-state index contributed by atoms with van der Waals surface area (Å²) in [6, 6.07) is 14.3. The van der Waals surface area contributed by atoms with Gasteiger partial charge >= 0.3 is 0 Å². The smallest absolute Gasteiger partial charge is 0.171 e. The van der Waals surface area contributed by atoms with Crippen LogP contribution in [0.3, 0.4) is 0 Å². The molecule has 156 valence electrons. The topological polar surface area (TPSA) is 38.8 Å². The second-order valence-electron chi connectivity index (χ2n) is 8.15. The van der Waals surface area contributed by atoms with Gasteiger partial charge in [-0.05, 0) is 62.0 Å². The molecule has 0 N–H and O–H groups in total. The van der Waals surface area contributed by atoms with E-state index in [0.717, 1.165) is 43.6 Å². The molecule has 1 saturated heterocycles. The van der Waals surface area contributed by atoms with E-state index in [9.17, 15) is 4.79 Å². The van der Waals surface area contributed by atoms with Gasteiger partial charge in [-0.2, -0.15) is 0 Å². The number of Topliss-reactive ketones (excluding diaryl/α,β-unsaturated/α-hetero) is 1. The van der Waals surface area contributed by atoms with Crippen molar-refractivity contribution < 1.29 is 14.3 Å². The molecule has 1 aliphatic heterocycles. The summed E-state index contributed by atoms with van der Waals surface area (Å²) < 4.78 is 10.9. The SMILES string of the molecule is COc1cc2c(cc1OC)C(=O)C(Cc1ccccc1)(CN1CCCCC1)C2.Cl. The van der Waals surface area contributed by atoms with E-state index in [-0.39, 0.29) is 18.2 Å². The fraction of sp³-hybridized carbons (Fsp3) is 0.458. The van der Waals surface area contributed by atoms with Crippen LogP contribution < -0.4 is 9.47 Å². The van der Waals surface area contributed by atoms with Crippen molar-refractivity contribution in [2.24, 2.45) is 5.41 Å². The Labute approximate surface area is 179 Å². The lowest BCUT2D eigenvalue weighted by atomic mass is 9.77. The molecule has 0 aromatic heterocycles. The number of rotatable bonds is 6. The van der Waals surface area contributed by atoms with Crippen LogP contribution in [0.2, 0.25) is 0 Å².